The molecule has 0 saturated heterocycles. The lowest BCUT2D eigenvalue weighted by Gasteiger charge is -2.26. The first-order chi connectivity index (χ1) is 9.70. The molecule has 108 valence electrons. The lowest BCUT2D eigenvalue weighted by molar-refractivity contribution is 0.192. The van der Waals surface area contributed by atoms with Crippen LogP contribution in [0.2, 0.25) is 0 Å². The second kappa shape index (κ2) is 5.81. The van der Waals surface area contributed by atoms with Crippen LogP contribution in [-0.4, -0.2) is 27.0 Å². The van der Waals surface area contributed by atoms with Crippen molar-refractivity contribution in [2.75, 3.05) is 6.54 Å². The molecule has 0 aliphatic carbocycles. The molecule has 1 N–H and O–H groups in total. The van der Waals surface area contributed by atoms with Gasteiger partial charge in [0.05, 0.1) is 19.6 Å². The van der Waals surface area contributed by atoms with Crippen molar-refractivity contribution in [2.45, 2.75) is 46.1 Å². The number of imidazole rings is 1. The van der Waals surface area contributed by atoms with Crippen molar-refractivity contribution in [3.63, 3.8) is 0 Å². The van der Waals surface area contributed by atoms with E-state index in [-0.39, 0.29) is 0 Å². The lowest BCUT2D eigenvalue weighted by Crippen LogP contribution is -2.33. The molecule has 0 saturated carbocycles. The van der Waals surface area contributed by atoms with E-state index in [1.165, 1.54) is 0 Å². The summed E-state index contributed by atoms with van der Waals surface area (Å²) in [5.74, 6) is 3.18. The van der Waals surface area contributed by atoms with Gasteiger partial charge >= 0.3 is 0 Å². The van der Waals surface area contributed by atoms with Crippen molar-refractivity contribution >= 4 is 0 Å². The van der Waals surface area contributed by atoms with Gasteiger partial charge in [-0.15, -0.1) is 0 Å². The SMILES string of the molecule is CC(C)NCc1ccc(CN2CCn3ccnc3C2)o1. The molecule has 20 heavy (non-hydrogen) atoms. The fraction of sp³-hybridized carbons (Fsp3) is 0.533. The molecule has 5 heteroatoms. The lowest BCUT2D eigenvalue weighted by atomic mass is 10.3. The Bertz CT molecular complexity index is 558. The topological polar surface area (TPSA) is 46.2 Å². The third-order valence-electron chi connectivity index (χ3n) is 3.61. The Morgan fingerprint density at radius 2 is 2.15 bits per heavy atom. The molecule has 0 aromatic carbocycles. The zero-order valence-corrected chi connectivity index (χ0v) is 12.2. The maximum atomic E-state index is 5.87. The van der Waals surface area contributed by atoms with E-state index in [0.717, 1.165) is 50.1 Å². The van der Waals surface area contributed by atoms with Gasteiger partial charge in [0.2, 0.25) is 0 Å². The normalized spacial score (nSPS) is 15.8. The fourth-order valence-corrected chi connectivity index (χ4v) is 2.49. The van der Waals surface area contributed by atoms with Gasteiger partial charge in [0.15, 0.2) is 0 Å². The minimum Gasteiger partial charge on any atom is -0.463 e. The summed E-state index contributed by atoms with van der Waals surface area (Å²) in [5.41, 5.74) is 0. The second-order valence-electron chi connectivity index (χ2n) is 5.65. The van der Waals surface area contributed by atoms with Crippen LogP contribution in [0.4, 0.5) is 0 Å². The number of rotatable bonds is 5. The van der Waals surface area contributed by atoms with Crippen molar-refractivity contribution in [2.24, 2.45) is 0 Å². The second-order valence-corrected chi connectivity index (χ2v) is 5.65. The Balaban J connectivity index is 1.56. The molecule has 0 spiro atoms. The molecule has 3 rings (SSSR count). The first-order valence-electron chi connectivity index (χ1n) is 7.24. The number of aromatic nitrogens is 2. The summed E-state index contributed by atoms with van der Waals surface area (Å²) in [5, 5.41) is 3.37. The van der Waals surface area contributed by atoms with Gasteiger partial charge in [-0.2, -0.15) is 0 Å². The largest absolute Gasteiger partial charge is 0.463 e. The van der Waals surface area contributed by atoms with Crippen LogP contribution in [-0.2, 0) is 26.2 Å². The number of furan rings is 1. The standard InChI is InChI=1S/C15H22N4O/c1-12(2)17-9-13-3-4-14(20-13)10-18-7-8-19-6-5-16-15(19)11-18/h3-6,12,17H,7-11H2,1-2H3. The summed E-state index contributed by atoms with van der Waals surface area (Å²) in [6.45, 7) is 8.88. The van der Waals surface area contributed by atoms with Crippen LogP contribution in [0.25, 0.3) is 0 Å². The van der Waals surface area contributed by atoms with Crippen LogP contribution in [0.5, 0.6) is 0 Å². The number of nitrogens with zero attached hydrogens (tertiary/aromatic N) is 3. The van der Waals surface area contributed by atoms with Gasteiger partial charge in [-0.05, 0) is 12.1 Å². The predicted molar refractivity (Wildman–Crippen MR) is 77.0 cm³/mol. The summed E-state index contributed by atoms with van der Waals surface area (Å²) in [7, 11) is 0. The van der Waals surface area contributed by atoms with Crippen LogP contribution in [0.15, 0.2) is 28.9 Å². The smallest absolute Gasteiger partial charge is 0.122 e. The van der Waals surface area contributed by atoms with Gasteiger partial charge in [-0.3, -0.25) is 4.90 Å². The molecular formula is C15H22N4O. The highest BCUT2D eigenvalue weighted by Crippen LogP contribution is 2.15. The highest BCUT2D eigenvalue weighted by molar-refractivity contribution is 5.08. The molecule has 2 aromatic rings. The van der Waals surface area contributed by atoms with E-state index in [0.29, 0.717) is 6.04 Å². The number of nitrogens with one attached hydrogen (secondary N) is 1. The Kier molecular flexibility index (Phi) is 3.89. The molecule has 3 heterocycles. The molecular weight excluding hydrogens is 252 g/mol. The van der Waals surface area contributed by atoms with E-state index in [1.807, 2.05) is 6.20 Å². The molecule has 5 nitrogen and oxygen atoms in total. The van der Waals surface area contributed by atoms with Gasteiger partial charge in [-0.25, -0.2) is 4.98 Å². The first kappa shape index (κ1) is 13.4. The molecule has 1 aliphatic rings. The molecule has 0 fully saturated rings. The summed E-state index contributed by atoms with van der Waals surface area (Å²) in [6, 6.07) is 4.62. The van der Waals surface area contributed by atoms with E-state index in [2.05, 4.69) is 51.9 Å². The molecule has 0 radical (unpaired) electrons. The van der Waals surface area contributed by atoms with Crippen LogP contribution in [0, 0.1) is 0 Å². The monoisotopic (exact) mass is 274 g/mol. The highest BCUT2D eigenvalue weighted by atomic mass is 16.3. The van der Waals surface area contributed by atoms with Gasteiger partial charge in [0.1, 0.15) is 17.3 Å². The van der Waals surface area contributed by atoms with Crippen molar-refractivity contribution in [3.8, 4) is 0 Å². The summed E-state index contributed by atoms with van der Waals surface area (Å²) in [4.78, 5) is 6.76. The zero-order chi connectivity index (χ0) is 13.9. The molecule has 1 aliphatic heterocycles. The summed E-state index contributed by atoms with van der Waals surface area (Å²) in [6.07, 6.45) is 3.93. The average molecular weight is 274 g/mol. The van der Waals surface area contributed by atoms with Crippen molar-refractivity contribution in [3.05, 3.63) is 41.9 Å². The van der Waals surface area contributed by atoms with Crippen LogP contribution in [0.1, 0.15) is 31.2 Å². The van der Waals surface area contributed by atoms with E-state index in [9.17, 15) is 0 Å². The van der Waals surface area contributed by atoms with E-state index in [4.69, 9.17) is 4.42 Å². The van der Waals surface area contributed by atoms with Gasteiger partial charge < -0.3 is 14.3 Å². The summed E-state index contributed by atoms with van der Waals surface area (Å²) < 4.78 is 8.09. The molecule has 0 bridgehead atoms. The highest BCUT2D eigenvalue weighted by Gasteiger charge is 2.17. The Labute approximate surface area is 119 Å². The fourth-order valence-electron chi connectivity index (χ4n) is 2.49. The third kappa shape index (κ3) is 3.11. The third-order valence-corrected chi connectivity index (χ3v) is 3.61. The predicted octanol–water partition coefficient (Wildman–Crippen LogP) is 1.99. The number of hydrogen-bond acceptors (Lipinski definition) is 4. The van der Waals surface area contributed by atoms with Gasteiger partial charge in [-0.1, -0.05) is 13.8 Å². The van der Waals surface area contributed by atoms with E-state index in [1.54, 1.807) is 0 Å². The van der Waals surface area contributed by atoms with E-state index >= 15 is 0 Å². The van der Waals surface area contributed by atoms with Crippen molar-refractivity contribution < 1.29 is 4.42 Å². The molecule has 0 amide bonds. The van der Waals surface area contributed by atoms with Gasteiger partial charge in [0.25, 0.3) is 0 Å². The van der Waals surface area contributed by atoms with Crippen LogP contribution in [0.3, 0.4) is 0 Å². The Morgan fingerprint density at radius 1 is 1.30 bits per heavy atom. The Hall–Kier alpha value is -1.59. The minimum atomic E-state index is 0.476. The number of hydrogen-bond donors (Lipinski definition) is 1. The maximum Gasteiger partial charge on any atom is 0.122 e. The van der Waals surface area contributed by atoms with Gasteiger partial charge in [0, 0.05) is 31.5 Å². The van der Waals surface area contributed by atoms with E-state index < -0.39 is 0 Å². The van der Waals surface area contributed by atoms with Crippen molar-refractivity contribution in [1.29, 1.82) is 0 Å². The molecule has 0 unspecified atom stereocenters. The maximum absolute atomic E-state index is 5.87. The Morgan fingerprint density at radius 3 is 3.00 bits per heavy atom. The number of fused-ring (bicyclic) bond motifs is 1. The van der Waals surface area contributed by atoms with Crippen molar-refractivity contribution in [1.82, 2.24) is 19.8 Å². The first-order valence-corrected chi connectivity index (χ1v) is 7.24. The molecule has 0 atom stereocenters. The summed E-state index contributed by atoms with van der Waals surface area (Å²) >= 11 is 0. The van der Waals surface area contributed by atoms with Crippen LogP contribution < -0.4 is 5.32 Å². The minimum absolute atomic E-state index is 0.476. The zero-order valence-electron chi connectivity index (χ0n) is 12.2. The molecule has 2 aromatic heterocycles. The van der Waals surface area contributed by atoms with Crippen LogP contribution >= 0.6 is 0 Å². The average Bonchev–Trinajstić information content (AvgIpc) is 3.04. The quantitative estimate of drug-likeness (QED) is 0.905.